The molecule has 37 heavy (non-hydrogen) atoms. The zero-order valence-corrected chi connectivity index (χ0v) is 21.3. The number of methoxy groups -OCH3 is 1. The summed E-state index contributed by atoms with van der Waals surface area (Å²) in [6, 6.07) is 12.4. The third kappa shape index (κ3) is 6.69. The van der Waals surface area contributed by atoms with E-state index in [1.165, 1.54) is 7.11 Å². The van der Waals surface area contributed by atoms with E-state index in [2.05, 4.69) is 5.32 Å². The van der Waals surface area contributed by atoms with Gasteiger partial charge in [-0.2, -0.15) is 0 Å². The van der Waals surface area contributed by atoms with Gasteiger partial charge in [-0.15, -0.1) is 0 Å². The summed E-state index contributed by atoms with van der Waals surface area (Å²) < 4.78 is 16.3. The summed E-state index contributed by atoms with van der Waals surface area (Å²) in [6.45, 7) is 3.16. The molecule has 2 aromatic rings. The molecule has 0 bridgehead atoms. The molecule has 2 saturated heterocycles. The van der Waals surface area contributed by atoms with Gasteiger partial charge in [-0.05, 0) is 60.2 Å². The fraction of sp³-hybridized carbons (Fsp3) is 0.308. The van der Waals surface area contributed by atoms with E-state index in [-0.39, 0.29) is 29.9 Å². The van der Waals surface area contributed by atoms with Gasteiger partial charge >= 0.3 is 0 Å². The molecule has 194 valence electrons. The first-order chi connectivity index (χ1) is 17.8. The van der Waals surface area contributed by atoms with E-state index in [4.69, 9.17) is 14.2 Å². The average Bonchev–Trinajstić information content (AvgIpc) is 3.15. The van der Waals surface area contributed by atoms with E-state index in [9.17, 15) is 19.2 Å². The molecule has 2 aromatic carbocycles. The average molecular weight is 526 g/mol. The largest absolute Gasteiger partial charge is 0.493 e. The molecular formula is C26H27N3O7S. The van der Waals surface area contributed by atoms with Crippen molar-refractivity contribution in [3.05, 3.63) is 58.5 Å². The highest BCUT2D eigenvalue weighted by molar-refractivity contribution is 8.18. The van der Waals surface area contributed by atoms with Crippen LogP contribution in [0.2, 0.25) is 0 Å². The number of imide groups is 1. The number of nitrogens with zero attached hydrogens (tertiary/aromatic N) is 2. The van der Waals surface area contributed by atoms with Crippen molar-refractivity contribution in [1.29, 1.82) is 0 Å². The zero-order chi connectivity index (χ0) is 26.4. The van der Waals surface area contributed by atoms with Crippen molar-refractivity contribution in [2.24, 2.45) is 0 Å². The number of carbonyl (C=O) groups is 4. The summed E-state index contributed by atoms with van der Waals surface area (Å²) in [4.78, 5) is 52.8. The van der Waals surface area contributed by atoms with Gasteiger partial charge in [-0.1, -0.05) is 18.2 Å². The summed E-state index contributed by atoms with van der Waals surface area (Å²) in [5, 5.41) is 2.28. The van der Waals surface area contributed by atoms with E-state index in [0.717, 1.165) is 22.2 Å². The van der Waals surface area contributed by atoms with E-state index < -0.39 is 11.1 Å². The molecule has 0 unspecified atom stereocenters. The van der Waals surface area contributed by atoms with Crippen molar-refractivity contribution in [1.82, 2.24) is 9.80 Å². The van der Waals surface area contributed by atoms with Crippen LogP contribution >= 0.6 is 11.8 Å². The Morgan fingerprint density at radius 2 is 1.89 bits per heavy atom. The van der Waals surface area contributed by atoms with Crippen LogP contribution in [0.4, 0.5) is 10.5 Å². The Bertz CT molecular complexity index is 1240. The molecule has 2 fully saturated rings. The minimum Gasteiger partial charge on any atom is -0.493 e. The quantitative estimate of drug-likeness (QED) is 0.524. The lowest BCUT2D eigenvalue weighted by Gasteiger charge is -2.28. The molecule has 1 N–H and O–H groups in total. The highest BCUT2D eigenvalue weighted by Gasteiger charge is 2.37. The molecule has 0 radical (unpaired) electrons. The number of benzene rings is 2. The van der Waals surface area contributed by atoms with Crippen LogP contribution in [0.5, 0.6) is 11.5 Å². The van der Waals surface area contributed by atoms with Gasteiger partial charge in [0.15, 0.2) is 18.1 Å². The van der Waals surface area contributed by atoms with Crippen molar-refractivity contribution in [3.63, 3.8) is 0 Å². The normalized spacial score (nSPS) is 16.8. The molecule has 11 heteroatoms. The van der Waals surface area contributed by atoms with Crippen LogP contribution in [0.15, 0.2) is 47.4 Å². The van der Waals surface area contributed by atoms with E-state index in [0.29, 0.717) is 49.1 Å². The Kier molecular flexibility index (Phi) is 8.47. The fourth-order valence-electron chi connectivity index (χ4n) is 3.79. The van der Waals surface area contributed by atoms with Crippen LogP contribution in [0.25, 0.3) is 6.08 Å². The Labute approximate surface area is 218 Å². The number of hydrogen-bond acceptors (Lipinski definition) is 8. The molecule has 2 heterocycles. The maximum absolute atomic E-state index is 12.8. The van der Waals surface area contributed by atoms with Crippen molar-refractivity contribution >= 4 is 46.5 Å². The molecule has 10 nitrogen and oxygen atoms in total. The lowest BCUT2D eigenvalue weighted by Crippen LogP contribution is -2.46. The van der Waals surface area contributed by atoms with Gasteiger partial charge in [-0.3, -0.25) is 24.1 Å². The van der Waals surface area contributed by atoms with Gasteiger partial charge in [-0.25, -0.2) is 0 Å². The van der Waals surface area contributed by atoms with Crippen LogP contribution in [-0.2, 0) is 19.1 Å². The Morgan fingerprint density at radius 3 is 2.62 bits per heavy atom. The number of nitrogens with one attached hydrogen (secondary N) is 1. The number of hydrogen-bond donors (Lipinski definition) is 1. The molecular weight excluding hydrogens is 498 g/mol. The monoisotopic (exact) mass is 525 g/mol. The Morgan fingerprint density at radius 1 is 1.11 bits per heavy atom. The summed E-state index contributed by atoms with van der Waals surface area (Å²) in [6.07, 6.45) is 1.56. The summed E-state index contributed by atoms with van der Waals surface area (Å²) in [7, 11) is 1.46. The van der Waals surface area contributed by atoms with Gasteiger partial charge in [0.05, 0.1) is 25.2 Å². The number of carbonyl (C=O) groups excluding carboxylic acids is 4. The molecule has 2 aliphatic rings. The maximum atomic E-state index is 12.8. The summed E-state index contributed by atoms with van der Waals surface area (Å²) in [5.41, 5.74) is 2.30. The van der Waals surface area contributed by atoms with Gasteiger partial charge < -0.3 is 24.4 Å². The zero-order valence-electron chi connectivity index (χ0n) is 20.5. The molecule has 0 aromatic heterocycles. The summed E-state index contributed by atoms with van der Waals surface area (Å²) >= 11 is 0.777. The van der Waals surface area contributed by atoms with Gasteiger partial charge in [0, 0.05) is 18.8 Å². The minimum atomic E-state index is -0.524. The van der Waals surface area contributed by atoms with Crippen LogP contribution in [0, 0.1) is 6.92 Å². The van der Waals surface area contributed by atoms with Gasteiger partial charge in [0.25, 0.3) is 17.1 Å². The highest BCUT2D eigenvalue weighted by Crippen LogP contribution is 2.34. The molecule has 4 amide bonds. The van der Waals surface area contributed by atoms with Gasteiger partial charge in [0.2, 0.25) is 5.91 Å². The number of morpholine rings is 1. The van der Waals surface area contributed by atoms with Crippen molar-refractivity contribution < 1.29 is 33.4 Å². The maximum Gasteiger partial charge on any atom is 0.294 e. The van der Waals surface area contributed by atoms with Crippen molar-refractivity contribution in [3.8, 4) is 11.5 Å². The first-order valence-corrected chi connectivity index (χ1v) is 12.4. The lowest BCUT2D eigenvalue weighted by molar-refractivity contribution is -0.139. The predicted octanol–water partition coefficient (Wildman–Crippen LogP) is 2.92. The standard InChI is InChI=1S/C26H27N3O7S/c1-17-4-3-5-19(12-17)27-23(30)16-36-20-7-6-18(13-21(20)34-2)14-22-25(32)29(26(33)37-22)15-24(31)28-8-10-35-11-9-28/h3-7,12-14H,8-11,15-16H2,1-2H3,(H,27,30)/b22-14-. The van der Waals surface area contributed by atoms with Crippen LogP contribution in [0.3, 0.4) is 0 Å². The summed E-state index contributed by atoms with van der Waals surface area (Å²) in [5.74, 6) is -0.427. The molecule has 2 aliphatic heterocycles. The first kappa shape index (κ1) is 26.2. The smallest absolute Gasteiger partial charge is 0.294 e. The van der Waals surface area contributed by atoms with Crippen LogP contribution in [0.1, 0.15) is 11.1 Å². The Hall–Kier alpha value is -3.83. The first-order valence-electron chi connectivity index (χ1n) is 11.6. The fourth-order valence-corrected chi connectivity index (χ4v) is 4.63. The molecule has 0 saturated carbocycles. The number of anilines is 1. The highest BCUT2D eigenvalue weighted by atomic mass is 32.2. The molecule has 0 atom stereocenters. The van der Waals surface area contributed by atoms with Gasteiger partial charge in [0.1, 0.15) is 6.54 Å². The lowest BCUT2D eigenvalue weighted by atomic mass is 10.2. The third-order valence-electron chi connectivity index (χ3n) is 5.68. The van der Waals surface area contributed by atoms with Crippen LogP contribution in [-0.4, -0.2) is 79.3 Å². The second-order valence-corrected chi connectivity index (χ2v) is 9.37. The second kappa shape index (κ2) is 11.9. The van der Waals surface area contributed by atoms with Crippen molar-refractivity contribution in [2.75, 3.05) is 51.9 Å². The molecule has 4 rings (SSSR count). The minimum absolute atomic E-state index is 0.202. The number of ether oxygens (including phenoxy) is 3. The van der Waals surface area contributed by atoms with E-state index in [1.807, 2.05) is 25.1 Å². The topological polar surface area (TPSA) is 114 Å². The number of aryl methyl sites for hydroxylation is 1. The van der Waals surface area contributed by atoms with E-state index >= 15 is 0 Å². The third-order valence-corrected chi connectivity index (χ3v) is 6.58. The number of thioether (sulfide) groups is 1. The number of rotatable bonds is 8. The Balaban J connectivity index is 1.38. The number of amides is 4. The molecule has 0 aliphatic carbocycles. The molecule has 0 spiro atoms. The van der Waals surface area contributed by atoms with E-state index in [1.54, 1.807) is 35.2 Å². The second-order valence-electron chi connectivity index (χ2n) is 8.38. The predicted molar refractivity (Wildman–Crippen MR) is 138 cm³/mol. The van der Waals surface area contributed by atoms with Crippen LogP contribution < -0.4 is 14.8 Å². The SMILES string of the molecule is COc1cc(/C=C2\SC(=O)N(CC(=O)N3CCOCC3)C2=O)ccc1OCC(=O)Nc1cccc(C)c1. The van der Waals surface area contributed by atoms with Crippen molar-refractivity contribution in [2.45, 2.75) is 6.92 Å².